The number of hydrogen-bond acceptors (Lipinski definition) is 3. The van der Waals surface area contributed by atoms with Crippen LogP contribution in [-0.4, -0.2) is 9.55 Å². The lowest BCUT2D eigenvalue weighted by atomic mass is 10.2. The van der Waals surface area contributed by atoms with Crippen molar-refractivity contribution in [3.8, 4) is 0 Å². The topological polar surface area (TPSA) is 34.9 Å². The van der Waals surface area contributed by atoms with Gasteiger partial charge in [-0.15, -0.1) is 11.3 Å². The number of halogens is 1. The third kappa shape index (κ3) is 1.72. The number of aromatic nitrogens is 2. The SMILES string of the molecule is O=c1c2c3c(sc2ncn1C/C=C/Cl)CCC3. The van der Waals surface area contributed by atoms with Crippen molar-refractivity contribution in [2.24, 2.45) is 0 Å². The molecule has 3 rings (SSSR count). The predicted octanol–water partition coefficient (Wildman–Crippen LogP) is 2.70. The molecular weight excluding hydrogens is 256 g/mol. The quantitative estimate of drug-likeness (QED) is 0.838. The van der Waals surface area contributed by atoms with Crippen LogP contribution in [0.2, 0.25) is 0 Å². The van der Waals surface area contributed by atoms with Crippen LogP contribution in [0.5, 0.6) is 0 Å². The molecule has 0 atom stereocenters. The molecule has 2 aromatic rings. The Labute approximate surface area is 107 Å². The Hall–Kier alpha value is -1.13. The zero-order valence-electron chi connectivity index (χ0n) is 9.15. The lowest BCUT2D eigenvalue weighted by molar-refractivity contribution is 0.767. The monoisotopic (exact) mass is 266 g/mol. The van der Waals surface area contributed by atoms with Gasteiger partial charge in [-0.25, -0.2) is 4.98 Å². The van der Waals surface area contributed by atoms with Gasteiger partial charge < -0.3 is 0 Å². The van der Waals surface area contributed by atoms with E-state index in [0.717, 1.165) is 29.5 Å². The molecule has 88 valence electrons. The average molecular weight is 267 g/mol. The number of nitrogens with zero attached hydrogens (tertiary/aromatic N) is 2. The minimum atomic E-state index is 0.0594. The maximum atomic E-state index is 12.3. The molecule has 0 bridgehead atoms. The summed E-state index contributed by atoms with van der Waals surface area (Å²) in [5, 5.41) is 0.827. The lowest BCUT2D eigenvalue weighted by Gasteiger charge is -2.01. The highest BCUT2D eigenvalue weighted by molar-refractivity contribution is 7.18. The lowest BCUT2D eigenvalue weighted by Crippen LogP contribution is -2.19. The Morgan fingerprint density at radius 2 is 2.41 bits per heavy atom. The molecule has 0 aromatic carbocycles. The van der Waals surface area contributed by atoms with E-state index in [4.69, 9.17) is 11.6 Å². The molecule has 1 aliphatic carbocycles. The normalized spacial score (nSPS) is 14.9. The molecular formula is C12H11ClN2OS. The van der Waals surface area contributed by atoms with Gasteiger partial charge >= 0.3 is 0 Å². The van der Waals surface area contributed by atoms with E-state index >= 15 is 0 Å². The van der Waals surface area contributed by atoms with Gasteiger partial charge in [-0.2, -0.15) is 0 Å². The largest absolute Gasteiger partial charge is 0.295 e. The van der Waals surface area contributed by atoms with Crippen LogP contribution in [0.1, 0.15) is 16.9 Å². The first-order valence-corrected chi connectivity index (χ1v) is 6.81. The molecule has 0 radical (unpaired) electrons. The van der Waals surface area contributed by atoms with Crippen molar-refractivity contribution in [3.05, 3.63) is 38.7 Å². The van der Waals surface area contributed by atoms with Crippen molar-refractivity contribution in [1.29, 1.82) is 0 Å². The molecule has 17 heavy (non-hydrogen) atoms. The number of fused-ring (bicyclic) bond motifs is 3. The van der Waals surface area contributed by atoms with Gasteiger partial charge in [0.1, 0.15) is 4.83 Å². The molecule has 2 aromatic heterocycles. The first kappa shape index (κ1) is 11.0. The second-order valence-corrected chi connectivity index (χ2v) is 5.44. The highest BCUT2D eigenvalue weighted by atomic mass is 35.5. The Morgan fingerprint density at radius 3 is 3.24 bits per heavy atom. The first-order valence-electron chi connectivity index (χ1n) is 5.56. The van der Waals surface area contributed by atoms with Crippen LogP contribution in [0, 0.1) is 0 Å². The molecule has 0 amide bonds. The van der Waals surface area contributed by atoms with Crippen molar-refractivity contribution in [2.75, 3.05) is 0 Å². The molecule has 0 fully saturated rings. The van der Waals surface area contributed by atoms with Crippen molar-refractivity contribution in [1.82, 2.24) is 9.55 Å². The van der Waals surface area contributed by atoms with Gasteiger partial charge in [-0.05, 0) is 24.8 Å². The summed E-state index contributed by atoms with van der Waals surface area (Å²) in [7, 11) is 0. The van der Waals surface area contributed by atoms with E-state index in [1.165, 1.54) is 16.0 Å². The Morgan fingerprint density at radius 1 is 1.53 bits per heavy atom. The number of hydrogen-bond donors (Lipinski definition) is 0. The Kier molecular flexibility index (Phi) is 2.76. The maximum Gasteiger partial charge on any atom is 0.262 e. The van der Waals surface area contributed by atoms with Crippen LogP contribution < -0.4 is 5.56 Å². The fraction of sp³-hybridized carbons (Fsp3) is 0.333. The number of rotatable bonds is 2. The summed E-state index contributed by atoms with van der Waals surface area (Å²) in [6, 6.07) is 0. The van der Waals surface area contributed by atoms with Gasteiger partial charge in [-0.1, -0.05) is 17.7 Å². The number of thiophene rings is 1. The molecule has 0 N–H and O–H groups in total. The maximum absolute atomic E-state index is 12.3. The van der Waals surface area contributed by atoms with E-state index in [9.17, 15) is 4.79 Å². The van der Waals surface area contributed by atoms with Gasteiger partial charge in [0.05, 0.1) is 11.7 Å². The van der Waals surface area contributed by atoms with Gasteiger partial charge in [0.15, 0.2) is 0 Å². The van der Waals surface area contributed by atoms with E-state index in [2.05, 4.69) is 4.98 Å². The molecule has 3 nitrogen and oxygen atoms in total. The molecule has 2 heterocycles. The molecule has 0 aliphatic heterocycles. The van der Waals surface area contributed by atoms with Gasteiger partial charge in [0.2, 0.25) is 0 Å². The summed E-state index contributed by atoms with van der Waals surface area (Å²) >= 11 is 7.14. The molecule has 5 heteroatoms. The Bertz CT molecular complexity index is 656. The number of aryl methyl sites for hydroxylation is 2. The van der Waals surface area contributed by atoms with Gasteiger partial charge in [-0.3, -0.25) is 9.36 Å². The third-order valence-electron chi connectivity index (χ3n) is 3.08. The summed E-state index contributed by atoms with van der Waals surface area (Å²) in [6.07, 6.45) is 6.61. The minimum absolute atomic E-state index is 0.0594. The Balaban J connectivity index is 2.22. The first-order chi connectivity index (χ1) is 8.31. The molecule has 0 unspecified atom stereocenters. The molecule has 1 aliphatic rings. The molecule has 0 saturated heterocycles. The fourth-order valence-corrected chi connectivity index (χ4v) is 3.60. The summed E-state index contributed by atoms with van der Waals surface area (Å²) in [4.78, 5) is 18.9. The smallest absolute Gasteiger partial charge is 0.262 e. The average Bonchev–Trinajstić information content (AvgIpc) is 2.87. The highest BCUT2D eigenvalue weighted by Gasteiger charge is 2.20. The summed E-state index contributed by atoms with van der Waals surface area (Å²) in [6.45, 7) is 0.482. The zero-order chi connectivity index (χ0) is 11.8. The van der Waals surface area contributed by atoms with Crippen LogP contribution >= 0.6 is 22.9 Å². The van der Waals surface area contributed by atoms with Crippen molar-refractivity contribution in [2.45, 2.75) is 25.8 Å². The highest BCUT2D eigenvalue weighted by Crippen LogP contribution is 2.34. The molecule has 0 spiro atoms. The van der Waals surface area contributed by atoms with Crippen LogP contribution in [0.4, 0.5) is 0 Å². The van der Waals surface area contributed by atoms with E-state index in [-0.39, 0.29) is 5.56 Å². The van der Waals surface area contributed by atoms with Crippen molar-refractivity contribution >= 4 is 33.2 Å². The van der Waals surface area contributed by atoms with E-state index in [1.807, 2.05) is 0 Å². The van der Waals surface area contributed by atoms with E-state index in [0.29, 0.717) is 6.54 Å². The van der Waals surface area contributed by atoms with Crippen LogP contribution in [-0.2, 0) is 19.4 Å². The zero-order valence-corrected chi connectivity index (χ0v) is 10.7. The molecule has 0 saturated carbocycles. The van der Waals surface area contributed by atoms with Crippen LogP contribution in [0.3, 0.4) is 0 Å². The van der Waals surface area contributed by atoms with Crippen molar-refractivity contribution < 1.29 is 0 Å². The van der Waals surface area contributed by atoms with Gasteiger partial charge in [0, 0.05) is 17.0 Å². The summed E-state index contributed by atoms with van der Waals surface area (Å²) < 4.78 is 1.60. The fourth-order valence-electron chi connectivity index (χ4n) is 2.30. The minimum Gasteiger partial charge on any atom is -0.295 e. The number of allylic oxidation sites excluding steroid dienone is 1. The van der Waals surface area contributed by atoms with E-state index < -0.39 is 0 Å². The van der Waals surface area contributed by atoms with Crippen molar-refractivity contribution in [3.63, 3.8) is 0 Å². The van der Waals surface area contributed by atoms with E-state index in [1.54, 1.807) is 28.3 Å². The summed E-state index contributed by atoms with van der Waals surface area (Å²) in [5.41, 5.74) is 2.71. The second kappa shape index (κ2) is 4.27. The van der Waals surface area contributed by atoms with Gasteiger partial charge in [0.25, 0.3) is 5.56 Å². The van der Waals surface area contributed by atoms with Crippen LogP contribution in [0.15, 0.2) is 22.7 Å². The standard InChI is InChI=1S/C12H11ClN2OS/c13-5-2-6-15-7-14-11-10(12(15)16)8-3-1-4-9(8)17-11/h2,5,7H,1,3-4,6H2/b5-2+. The summed E-state index contributed by atoms with van der Waals surface area (Å²) in [5.74, 6) is 0. The van der Waals surface area contributed by atoms with Crippen LogP contribution in [0.25, 0.3) is 10.2 Å². The third-order valence-corrected chi connectivity index (χ3v) is 4.46. The predicted molar refractivity (Wildman–Crippen MR) is 70.9 cm³/mol. The second-order valence-electron chi connectivity index (χ2n) is 4.10.